The Morgan fingerprint density at radius 1 is 0.963 bits per heavy atom. The van der Waals surface area contributed by atoms with Gasteiger partial charge in [-0.25, -0.2) is 0 Å². The SMILES string of the molecule is O=C(c1ccc2c(c1)OCCO2)N1CCN(c2nsc3ccccc23)CC1. The van der Waals surface area contributed by atoms with Crippen LogP contribution in [0.25, 0.3) is 10.1 Å². The number of ether oxygens (including phenoxy) is 2. The van der Waals surface area contributed by atoms with E-state index in [9.17, 15) is 4.79 Å². The first kappa shape index (κ1) is 16.4. The molecule has 27 heavy (non-hydrogen) atoms. The lowest BCUT2D eigenvalue weighted by molar-refractivity contribution is 0.0745. The monoisotopic (exact) mass is 381 g/mol. The molecular weight excluding hydrogens is 362 g/mol. The number of hydrogen-bond acceptors (Lipinski definition) is 6. The number of fused-ring (bicyclic) bond motifs is 2. The Balaban J connectivity index is 1.29. The number of anilines is 1. The fourth-order valence-corrected chi connectivity index (χ4v) is 4.38. The van der Waals surface area contributed by atoms with Crippen molar-refractivity contribution in [3.63, 3.8) is 0 Å². The van der Waals surface area contributed by atoms with Gasteiger partial charge in [0.15, 0.2) is 11.5 Å². The van der Waals surface area contributed by atoms with Gasteiger partial charge in [-0.15, -0.1) is 0 Å². The van der Waals surface area contributed by atoms with Crippen molar-refractivity contribution in [3.8, 4) is 11.5 Å². The molecule has 0 saturated carbocycles. The molecule has 3 heterocycles. The van der Waals surface area contributed by atoms with Crippen molar-refractivity contribution in [2.75, 3.05) is 44.3 Å². The minimum Gasteiger partial charge on any atom is -0.486 e. The Hall–Kier alpha value is -2.80. The summed E-state index contributed by atoms with van der Waals surface area (Å²) < 4.78 is 17.0. The van der Waals surface area contributed by atoms with Gasteiger partial charge in [0.2, 0.25) is 0 Å². The van der Waals surface area contributed by atoms with Crippen molar-refractivity contribution in [2.45, 2.75) is 0 Å². The summed E-state index contributed by atoms with van der Waals surface area (Å²) in [6, 6.07) is 13.7. The summed E-state index contributed by atoms with van der Waals surface area (Å²) in [4.78, 5) is 17.1. The third-order valence-electron chi connectivity index (χ3n) is 5.01. The molecule has 3 aromatic rings. The molecule has 0 radical (unpaired) electrons. The molecule has 0 spiro atoms. The zero-order valence-electron chi connectivity index (χ0n) is 14.8. The van der Waals surface area contributed by atoms with Crippen molar-refractivity contribution >= 4 is 33.3 Å². The molecule has 2 aliphatic heterocycles. The molecule has 2 aromatic carbocycles. The van der Waals surface area contributed by atoms with Gasteiger partial charge >= 0.3 is 0 Å². The molecule has 2 aliphatic rings. The van der Waals surface area contributed by atoms with Crippen LogP contribution in [0.5, 0.6) is 11.5 Å². The van der Waals surface area contributed by atoms with E-state index in [4.69, 9.17) is 9.47 Å². The molecule has 0 atom stereocenters. The van der Waals surface area contributed by atoms with Crippen LogP contribution in [0.1, 0.15) is 10.4 Å². The van der Waals surface area contributed by atoms with E-state index in [0.29, 0.717) is 43.4 Å². The first-order chi connectivity index (χ1) is 13.3. The molecule has 1 fully saturated rings. The van der Waals surface area contributed by atoms with Gasteiger partial charge in [-0.3, -0.25) is 4.79 Å². The largest absolute Gasteiger partial charge is 0.486 e. The maximum Gasteiger partial charge on any atom is 0.254 e. The van der Waals surface area contributed by atoms with E-state index >= 15 is 0 Å². The number of carbonyl (C=O) groups excluding carboxylic acids is 1. The fraction of sp³-hybridized carbons (Fsp3) is 0.300. The van der Waals surface area contributed by atoms with Crippen LogP contribution in [0.2, 0.25) is 0 Å². The van der Waals surface area contributed by atoms with E-state index < -0.39 is 0 Å². The quantitative estimate of drug-likeness (QED) is 0.683. The Kier molecular flexibility index (Phi) is 4.09. The molecule has 1 aromatic heterocycles. The molecule has 1 saturated heterocycles. The predicted molar refractivity (Wildman–Crippen MR) is 105 cm³/mol. The topological polar surface area (TPSA) is 54.9 Å². The highest BCUT2D eigenvalue weighted by molar-refractivity contribution is 7.13. The number of carbonyl (C=O) groups is 1. The zero-order chi connectivity index (χ0) is 18.2. The Morgan fingerprint density at radius 3 is 2.59 bits per heavy atom. The lowest BCUT2D eigenvalue weighted by Gasteiger charge is -2.35. The summed E-state index contributed by atoms with van der Waals surface area (Å²) in [5, 5.41) is 1.19. The van der Waals surface area contributed by atoms with E-state index in [1.165, 1.54) is 21.6 Å². The number of amides is 1. The fourth-order valence-electron chi connectivity index (χ4n) is 3.58. The van der Waals surface area contributed by atoms with E-state index in [-0.39, 0.29) is 5.91 Å². The van der Waals surface area contributed by atoms with Crippen LogP contribution >= 0.6 is 11.5 Å². The lowest BCUT2D eigenvalue weighted by Crippen LogP contribution is -2.49. The molecule has 138 valence electrons. The Labute approximate surface area is 161 Å². The summed E-state index contributed by atoms with van der Waals surface area (Å²) in [5.74, 6) is 2.43. The molecule has 7 heteroatoms. The summed E-state index contributed by atoms with van der Waals surface area (Å²) >= 11 is 1.53. The van der Waals surface area contributed by atoms with Crippen molar-refractivity contribution in [1.82, 2.24) is 9.27 Å². The Bertz CT molecular complexity index is 995. The number of nitrogens with zero attached hydrogens (tertiary/aromatic N) is 3. The van der Waals surface area contributed by atoms with Gasteiger partial charge in [0, 0.05) is 37.1 Å². The minimum absolute atomic E-state index is 0.0368. The highest BCUT2D eigenvalue weighted by Gasteiger charge is 2.25. The van der Waals surface area contributed by atoms with Gasteiger partial charge in [0.1, 0.15) is 19.0 Å². The average Bonchev–Trinajstić information content (AvgIpc) is 3.17. The zero-order valence-corrected chi connectivity index (χ0v) is 15.6. The molecule has 0 bridgehead atoms. The number of piperazine rings is 1. The predicted octanol–water partition coefficient (Wildman–Crippen LogP) is 3.03. The van der Waals surface area contributed by atoms with Crippen LogP contribution in [0.3, 0.4) is 0 Å². The molecular formula is C20H19N3O3S. The summed E-state index contributed by atoms with van der Waals surface area (Å²) in [6.07, 6.45) is 0. The first-order valence-corrected chi connectivity index (χ1v) is 9.85. The van der Waals surface area contributed by atoms with Crippen molar-refractivity contribution in [3.05, 3.63) is 48.0 Å². The number of benzene rings is 2. The van der Waals surface area contributed by atoms with Crippen molar-refractivity contribution < 1.29 is 14.3 Å². The van der Waals surface area contributed by atoms with Gasteiger partial charge in [0.25, 0.3) is 5.91 Å². The maximum absolute atomic E-state index is 12.9. The summed E-state index contributed by atoms with van der Waals surface area (Å²) in [6.45, 7) is 3.99. The number of aromatic nitrogens is 1. The summed E-state index contributed by atoms with van der Waals surface area (Å²) in [7, 11) is 0. The minimum atomic E-state index is 0.0368. The van der Waals surface area contributed by atoms with Crippen LogP contribution in [-0.2, 0) is 0 Å². The van der Waals surface area contributed by atoms with Crippen LogP contribution in [-0.4, -0.2) is 54.6 Å². The van der Waals surface area contributed by atoms with Gasteiger partial charge in [-0.05, 0) is 41.9 Å². The molecule has 1 amide bonds. The molecule has 0 unspecified atom stereocenters. The van der Waals surface area contributed by atoms with Crippen molar-refractivity contribution in [1.29, 1.82) is 0 Å². The van der Waals surface area contributed by atoms with E-state index in [2.05, 4.69) is 21.4 Å². The standard InChI is InChI=1S/C20H19N3O3S/c24-20(14-5-6-16-17(13-14)26-12-11-25-16)23-9-7-22(8-10-23)19-15-3-1-2-4-18(15)27-21-19/h1-6,13H,7-12H2. The highest BCUT2D eigenvalue weighted by atomic mass is 32.1. The second kappa shape index (κ2) is 6.74. The van der Waals surface area contributed by atoms with Crippen LogP contribution < -0.4 is 14.4 Å². The Morgan fingerprint density at radius 2 is 1.74 bits per heavy atom. The smallest absolute Gasteiger partial charge is 0.254 e. The average molecular weight is 381 g/mol. The van der Waals surface area contributed by atoms with Crippen LogP contribution in [0, 0.1) is 0 Å². The maximum atomic E-state index is 12.9. The third-order valence-corrected chi connectivity index (χ3v) is 5.83. The summed E-state index contributed by atoms with van der Waals surface area (Å²) in [5.41, 5.74) is 0.645. The first-order valence-electron chi connectivity index (χ1n) is 9.08. The van der Waals surface area contributed by atoms with Gasteiger partial charge in [-0.1, -0.05) is 12.1 Å². The van der Waals surface area contributed by atoms with E-state index in [1.54, 1.807) is 6.07 Å². The normalized spacial score (nSPS) is 16.6. The van der Waals surface area contributed by atoms with E-state index in [1.807, 2.05) is 29.2 Å². The lowest BCUT2D eigenvalue weighted by atomic mass is 10.1. The van der Waals surface area contributed by atoms with Crippen LogP contribution in [0.15, 0.2) is 42.5 Å². The second-order valence-electron chi connectivity index (χ2n) is 6.64. The van der Waals surface area contributed by atoms with Gasteiger partial charge in [-0.2, -0.15) is 4.37 Å². The van der Waals surface area contributed by atoms with Crippen LogP contribution in [0.4, 0.5) is 5.82 Å². The number of rotatable bonds is 2. The third kappa shape index (κ3) is 2.98. The molecule has 0 N–H and O–H groups in total. The van der Waals surface area contributed by atoms with Crippen molar-refractivity contribution in [2.24, 2.45) is 0 Å². The van der Waals surface area contributed by atoms with Gasteiger partial charge < -0.3 is 19.3 Å². The molecule has 0 aliphatic carbocycles. The molecule has 5 rings (SSSR count). The number of hydrogen-bond donors (Lipinski definition) is 0. The van der Waals surface area contributed by atoms with E-state index in [0.717, 1.165) is 18.9 Å². The highest BCUT2D eigenvalue weighted by Crippen LogP contribution is 2.32. The molecule has 6 nitrogen and oxygen atoms in total. The second-order valence-corrected chi connectivity index (χ2v) is 7.45. The van der Waals surface area contributed by atoms with Gasteiger partial charge in [0.05, 0.1) is 4.70 Å².